The molecule has 1 heterocycles. The van der Waals surface area contributed by atoms with Crippen LogP contribution in [-0.4, -0.2) is 53.0 Å². The van der Waals surface area contributed by atoms with Crippen molar-refractivity contribution in [2.45, 2.75) is 154 Å². The third-order valence-electron chi connectivity index (χ3n) is 11.4. The maximum absolute atomic E-state index is 14.9. The lowest BCUT2D eigenvalue weighted by Crippen LogP contribution is -2.66. The Kier molecular flexibility index (Phi) is 12.3. The number of fused-ring (bicyclic) bond motifs is 2. The van der Waals surface area contributed by atoms with Gasteiger partial charge in [0.05, 0.1) is 17.5 Å². The number of nitrogens with one attached hydrogen (secondary N) is 4. The molecule has 3 unspecified atom stereocenters. The standard InChI is InChI=1S/C35H63N5O3/c1-9-28-25(4)23(2)24(3)27-16-11-14-20-35(22-27,39-28)30(41)29(17-15-21-37-32(36)43)38-31(42)26(5)34(40-33(6,7)8)18-12-10-13-19-34/h9,23-29,39-40H,1,10-22H2,2-8H3,(H,38,42)(H3,36,37,43)/t23-,24-,25-,26+,27?,28?,29+,35?/m1/s1. The Labute approximate surface area is 261 Å². The molecule has 2 saturated carbocycles. The van der Waals surface area contributed by atoms with Gasteiger partial charge in [0, 0.05) is 23.7 Å². The first-order chi connectivity index (χ1) is 20.1. The summed E-state index contributed by atoms with van der Waals surface area (Å²) < 4.78 is 0. The summed E-state index contributed by atoms with van der Waals surface area (Å²) in [5, 5.41) is 13.6. The Hall–Kier alpha value is -1.93. The number of nitrogens with two attached hydrogens (primary N) is 1. The zero-order valence-corrected chi connectivity index (χ0v) is 28.3. The Morgan fingerprint density at radius 3 is 2.26 bits per heavy atom. The number of hydrogen-bond donors (Lipinski definition) is 5. The average Bonchev–Trinajstić information content (AvgIpc) is 3.18. The number of amides is 3. The van der Waals surface area contributed by atoms with Crippen molar-refractivity contribution in [1.82, 2.24) is 21.3 Å². The molecule has 0 aromatic carbocycles. The van der Waals surface area contributed by atoms with Crippen molar-refractivity contribution in [3.05, 3.63) is 12.7 Å². The van der Waals surface area contributed by atoms with Crippen molar-refractivity contribution in [2.75, 3.05) is 6.54 Å². The summed E-state index contributed by atoms with van der Waals surface area (Å²) in [6.45, 7) is 20.0. The maximum Gasteiger partial charge on any atom is 0.312 e. The van der Waals surface area contributed by atoms with Crippen LogP contribution in [0.25, 0.3) is 0 Å². The highest BCUT2D eigenvalue weighted by Crippen LogP contribution is 2.44. The van der Waals surface area contributed by atoms with Crippen LogP contribution < -0.4 is 27.0 Å². The number of ketones is 1. The molecule has 0 radical (unpaired) electrons. The van der Waals surface area contributed by atoms with Gasteiger partial charge in [0.15, 0.2) is 5.78 Å². The van der Waals surface area contributed by atoms with Crippen LogP contribution in [0.15, 0.2) is 12.7 Å². The van der Waals surface area contributed by atoms with E-state index in [0.29, 0.717) is 43.1 Å². The van der Waals surface area contributed by atoms with Crippen molar-refractivity contribution in [3.63, 3.8) is 0 Å². The van der Waals surface area contributed by atoms with Gasteiger partial charge in [0.2, 0.25) is 5.91 Å². The van der Waals surface area contributed by atoms with Gasteiger partial charge in [-0.15, -0.1) is 6.58 Å². The summed E-state index contributed by atoms with van der Waals surface area (Å²) in [6, 6.07) is -1.22. The zero-order chi connectivity index (χ0) is 32.0. The lowest BCUT2D eigenvalue weighted by Gasteiger charge is -2.48. The number of rotatable bonds is 11. The van der Waals surface area contributed by atoms with Crippen LogP contribution in [0, 0.1) is 29.6 Å². The van der Waals surface area contributed by atoms with E-state index in [1.807, 2.05) is 13.0 Å². The fraction of sp³-hybridized carbons (Fsp3) is 0.857. The molecule has 1 saturated heterocycles. The van der Waals surface area contributed by atoms with Crippen LogP contribution in [0.5, 0.6) is 0 Å². The second-order valence-corrected chi connectivity index (χ2v) is 15.4. The van der Waals surface area contributed by atoms with E-state index in [1.54, 1.807) is 0 Å². The van der Waals surface area contributed by atoms with E-state index in [9.17, 15) is 14.4 Å². The van der Waals surface area contributed by atoms with Crippen LogP contribution in [0.2, 0.25) is 0 Å². The lowest BCUT2D eigenvalue weighted by atomic mass is 9.66. The van der Waals surface area contributed by atoms with Gasteiger partial charge in [-0.1, -0.05) is 72.3 Å². The lowest BCUT2D eigenvalue weighted by molar-refractivity contribution is -0.136. The molecule has 0 aromatic heterocycles. The molecule has 6 N–H and O–H groups in total. The van der Waals surface area contributed by atoms with Gasteiger partial charge >= 0.3 is 6.03 Å². The van der Waals surface area contributed by atoms with Crippen LogP contribution in [0.1, 0.15) is 126 Å². The molecule has 1 aliphatic heterocycles. The van der Waals surface area contributed by atoms with E-state index in [-0.39, 0.29) is 34.7 Å². The molecule has 3 fully saturated rings. The molecule has 246 valence electrons. The quantitative estimate of drug-likeness (QED) is 0.156. The molecular weight excluding hydrogens is 538 g/mol. The smallest absolute Gasteiger partial charge is 0.312 e. The number of carbonyl (C=O) groups is 3. The largest absolute Gasteiger partial charge is 0.352 e. The number of primary amides is 1. The monoisotopic (exact) mass is 601 g/mol. The number of Topliss-reactive ketones (excluding diaryl/α,β-unsaturated/α-hetero) is 1. The van der Waals surface area contributed by atoms with Crippen LogP contribution >= 0.6 is 0 Å². The van der Waals surface area contributed by atoms with Gasteiger partial charge in [0.25, 0.3) is 0 Å². The Morgan fingerprint density at radius 2 is 1.65 bits per heavy atom. The third kappa shape index (κ3) is 8.84. The number of urea groups is 1. The molecule has 0 aromatic rings. The molecule has 2 bridgehead atoms. The summed E-state index contributed by atoms with van der Waals surface area (Å²) in [6.07, 6.45) is 13.0. The van der Waals surface area contributed by atoms with Crippen molar-refractivity contribution in [2.24, 2.45) is 35.3 Å². The second-order valence-electron chi connectivity index (χ2n) is 15.4. The third-order valence-corrected chi connectivity index (χ3v) is 11.4. The molecule has 8 atom stereocenters. The van der Waals surface area contributed by atoms with E-state index in [4.69, 9.17) is 5.73 Å². The fourth-order valence-corrected chi connectivity index (χ4v) is 8.58. The minimum atomic E-state index is -0.729. The number of carbonyl (C=O) groups excluding carboxylic acids is 3. The molecule has 2 aliphatic carbocycles. The van der Waals surface area contributed by atoms with Gasteiger partial charge in [-0.2, -0.15) is 0 Å². The first-order valence-corrected chi connectivity index (χ1v) is 17.2. The highest BCUT2D eigenvalue weighted by atomic mass is 16.2. The first-order valence-electron chi connectivity index (χ1n) is 17.2. The predicted molar refractivity (Wildman–Crippen MR) is 176 cm³/mol. The van der Waals surface area contributed by atoms with E-state index in [0.717, 1.165) is 57.8 Å². The van der Waals surface area contributed by atoms with E-state index in [1.165, 1.54) is 6.42 Å². The first kappa shape index (κ1) is 35.5. The second kappa shape index (κ2) is 14.9. The Morgan fingerprint density at radius 1 is 1.00 bits per heavy atom. The summed E-state index contributed by atoms with van der Waals surface area (Å²) in [7, 11) is 0. The van der Waals surface area contributed by atoms with E-state index < -0.39 is 17.6 Å². The zero-order valence-electron chi connectivity index (χ0n) is 28.3. The number of hydrogen-bond acceptors (Lipinski definition) is 5. The SMILES string of the molecule is C=CC1NC2(C(=O)[C@H](CCCNC(N)=O)NC(=O)[C@H](C)C3(NC(C)(C)C)CCCCC3)CCCCC(C2)[C@H](C)[C@@H](C)[C@H]1C. The van der Waals surface area contributed by atoms with Gasteiger partial charge in [0.1, 0.15) is 0 Å². The molecule has 3 amide bonds. The van der Waals surface area contributed by atoms with Crippen molar-refractivity contribution in [1.29, 1.82) is 0 Å². The van der Waals surface area contributed by atoms with Crippen LogP contribution in [0.4, 0.5) is 4.79 Å². The maximum atomic E-state index is 14.9. The topological polar surface area (TPSA) is 125 Å². The molecule has 3 rings (SSSR count). The fourth-order valence-electron chi connectivity index (χ4n) is 8.58. The van der Waals surface area contributed by atoms with Crippen molar-refractivity contribution in [3.8, 4) is 0 Å². The summed E-state index contributed by atoms with van der Waals surface area (Å²) in [4.78, 5) is 40.5. The Balaban J connectivity index is 1.95. The summed E-state index contributed by atoms with van der Waals surface area (Å²) in [5.41, 5.74) is 4.15. The molecule has 0 spiro atoms. The minimum absolute atomic E-state index is 0.00810. The van der Waals surface area contributed by atoms with Crippen molar-refractivity contribution < 1.29 is 14.4 Å². The average molecular weight is 602 g/mol. The molecular formula is C35H63N5O3. The highest BCUT2D eigenvalue weighted by molar-refractivity contribution is 5.96. The predicted octanol–water partition coefficient (Wildman–Crippen LogP) is 5.60. The molecule has 3 aliphatic rings. The molecule has 8 heteroatoms. The molecule has 43 heavy (non-hydrogen) atoms. The van der Waals surface area contributed by atoms with Crippen LogP contribution in [0.3, 0.4) is 0 Å². The van der Waals surface area contributed by atoms with Gasteiger partial charge in [-0.05, 0) is 83.0 Å². The van der Waals surface area contributed by atoms with Gasteiger partial charge < -0.3 is 21.7 Å². The van der Waals surface area contributed by atoms with Gasteiger partial charge in [-0.25, -0.2) is 4.79 Å². The summed E-state index contributed by atoms with van der Waals surface area (Å²) >= 11 is 0. The van der Waals surface area contributed by atoms with E-state index >= 15 is 0 Å². The summed E-state index contributed by atoms with van der Waals surface area (Å²) in [5.74, 6) is 1.50. The highest BCUT2D eigenvalue weighted by Gasteiger charge is 2.50. The van der Waals surface area contributed by atoms with Crippen molar-refractivity contribution >= 4 is 17.7 Å². The van der Waals surface area contributed by atoms with Gasteiger partial charge in [-0.3, -0.25) is 14.9 Å². The Bertz CT molecular complexity index is 971. The minimum Gasteiger partial charge on any atom is -0.352 e. The van der Waals surface area contributed by atoms with E-state index in [2.05, 4.69) is 69.4 Å². The van der Waals surface area contributed by atoms with Crippen LogP contribution in [-0.2, 0) is 9.59 Å². The normalized spacial score (nSPS) is 32.7. The molecule has 8 nitrogen and oxygen atoms in total.